The molecule has 1 saturated heterocycles. The molecule has 2 amide bonds. The Hall–Kier alpha value is -1.10. The van der Waals surface area contributed by atoms with Crippen LogP contribution < -0.4 is 5.32 Å². The number of hydrogen-bond donors (Lipinski definition) is 1. The van der Waals surface area contributed by atoms with Crippen molar-refractivity contribution in [1.82, 2.24) is 15.1 Å². The van der Waals surface area contributed by atoms with Crippen LogP contribution in [0.4, 0.5) is 0 Å². The standard InChI is InChI=1S/C18H31N3O2/c22-17(19-16-7-8-16)14-20-9-11-21(12-10-20)18(23)13-15-5-3-1-2-4-6-15/h15-16H,1-14H2,(H,19,22). The summed E-state index contributed by atoms with van der Waals surface area (Å²) < 4.78 is 0. The van der Waals surface area contributed by atoms with Gasteiger partial charge in [-0.05, 0) is 31.6 Å². The van der Waals surface area contributed by atoms with Crippen LogP contribution in [0.1, 0.15) is 57.8 Å². The minimum Gasteiger partial charge on any atom is -0.352 e. The minimum absolute atomic E-state index is 0.144. The average molecular weight is 321 g/mol. The zero-order chi connectivity index (χ0) is 16.1. The van der Waals surface area contributed by atoms with Crippen molar-refractivity contribution in [1.29, 1.82) is 0 Å². The van der Waals surface area contributed by atoms with Gasteiger partial charge in [0.1, 0.15) is 0 Å². The normalized spacial score (nSPS) is 24.3. The first kappa shape index (κ1) is 16.7. The molecule has 1 heterocycles. The van der Waals surface area contributed by atoms with Gasteiger partial charge in [0.15, 0.2) is 0 Å². The van der Waals surface area contributed by atoms with Gasteiger partial charge in [-0.2, -0.15) is 0 Å². The number of rotatable bonds is 5. The zero-order valence-corrected chi connectivity index (χ0v) is 14.3. The van der Waals surface area contributed by atoms with Crippen molar-refractivity contribution >= 4 is 11.8 Å². The van der Waals surface area contributed by atoms with Crippen LogP contribution in [0.3, 0.4) is 0 Å². The van der Waals surface area contributed by atoms with E-state index in [0.29, 0.717) is 24.4 Å². The van der Waals surface area contributed by atoms with Gasteiger partial charge in [-0.1, -0.05) is 25.7 Å². The van der Waals surface area contributed by atoms with E-state index in [1.807, 2.05) is 4.90 Å². The predicted octanol–water partition coefficient (Wildman–Crippen LogP) is 1.77. The van der Waals surface area contributed by atoms with Crippen LogP contribution in [0.5, 0.6) is 0 Å². The maximum atomic E-state index is 12.5. The molecule has 5 heteroatoms. The van der Waals surface area contributed by atoms with Gasteiger partial charge in [-0.15, -0.1) is 0 Å². The van der Waals surface area contributed by atoms with E-state index < -0.39 is 0 Å². The lowest BCUT2D eigenvalue weighted by Crippen LogP contribution is -2.51. The molecule has 3 aliphatic rings. The fraction of sp³-hybridized carbons (Fsp3) is 0.889. The SMILES string of the molecule is O=C(CN1CCN(C(=O)CC2CCCCCC2)CC1)NC1CC1. The molecule has 0 aromatic heterocycles. The number of hydrogen-bond acceptors (Lipinski definition) is 3. The third-order valence-corrected chi connectivity index (χ3v) is 5.47. The Labute approximate surface area is 139 Å². The first-order valence-corrected chi connectivity index (χ1v) is 9.50. The highest BCUT2D eigenvalue weighted by Crippen LogP contribution is 2.26. The van der Waals surface area contributed by atoms with E-state index in [9.17, 15) is 9.59 Å². The number of carbonyl (C=O) groups excluding carboxylic acids is 2. The summed E-state index contributed by atoms with van der Waals surface area (Å²) in [5.74, 6) is 1.08. The van der Waals surface area contributed by atoms with Gasteiger partial charge >= 0.3 is 0 Å². The Bertz CT molecular complexity index is 406. The van der Waals surface area contributed by atoms with E-state index in [2.05, 4.69) is 10.2 Å². The van der Waals surface area contributed by atoms with Crippen molar-refractivity contribution in [3.63, 3.8) is 0 Å². The Morgan fingerprint density at radius 2 is 1.52 bits per heavy atom. The van der Waals surface area contributed by atoms with Gasteiger partial charge < -0.3 is 10.2 Å². The van der Waals surface area contributed by atoms with Crippen LogP contribution in [0.25, 0.3) is 0 Å². The lowest BCUT2D eigenvalue weighted by molar-refractivity contribution is -0.134. The second-order valence-corrected chi connectivity index (χ2v) is 7.56. The van der Waals surface area contributed by atoms with Gasteiger partial charge in [0, 0.05) is 38.6 Å². The second kappa shape index (κ2) is 8.13. The molecule has 130 valence electrons. The smallest absolute Gasteiger partial charge is 0.234 e. The largest absolute Gasteiger partial charge is 0.352 e. The van der Waals surface area contributed by atoms with Crippen molar-refractivity contribution in [2.24, 2.45) is 5.92 Å². The van der Waals surface area contributed by atoms with Gasteiger partial charge in [0.25, 0.3) is 0 Å². The molecule has 0 aromatic rings. The highest BCUT2D eigenvalue weighted by Gasteiger charge is 2.27. The molecule has 0 aromatic carbocycles. The Balaban J connectivity index is 1.35. The third-order valence-electron chi connectivity index (χ3n) is 5.47. The molecule has 3 fully saturated rings. The number of piperazine rings is 1. The van der Waals surface area contributed by atoms with E-state index in [0.717, 1.165) is 45.4 Å². The summed E-state index contributed by atoms with van der Waals surface area (Å²) in [5, 5.41) is 3.03. The van der Waals surface area contributed by atoms with E-state index in [-0.39, 0.29) is 5.91 Å². The third kappa shape index (κ3) is 5.48. The van der Waals surface area contributed by atoms with E-state index in [1.165, 1.54) is 38.5 Å². The molecular weight excluding hydrogens is 290 g/mol. The monoisotopic (exact) mass is 321 g/mol. The summed E-state index contributed by atoms with van der Waals surface area (Å²) in [4.78, 5) is 28.5. The van der Waals surface area contributed by atoms with E-state index in [1.54, 1.807) is 0 Å². The fourth-order valence-electron chi connectivity index (χ4n) is 3.80. The van der Waals surface area contributed by atoms with Gasteiger partial charge in [-0.25, -0.2) is 0 Å². The summed E-state index contributed by atoms with van der Waals surface area (Å²) in [6, 6.07) is 0.435. The van der Waals surface area contributed by atoms with Crippen LogP contribution in [0, 0.1) is 5.92 Å². The maximum Gasteiger partial charge on any atom is 0.234 e. The van der Waals surface area contributed by atoms with Crippen molar-refractivity contribution in [2.75, 3.05) is 32.7 Å². The molecule has 23 heavy (non-hydrogen) atoms. The highest BCUT2D eigenvalue weighted by atomic mass is 16.2. The van der Waals surface area contributed by atoms with Crippen molar-refractivity contribution < 1.29 is 9.59 Å². The molecule has 0 radical (unpaired) electrons. The molecule has 1 N–H and O–H groups in total. The van der Waals surface area contributed by atoms with Crippen molar-refractivity contribution in [2.45, 2.75) is 63.8 Å². The van der Waals surface area contributed by atoms with Crippen LogP contribution in [0.15, 0.2) is 0 Å². The number of carbonyl (C=O) groups is 2. The summed E-state index contributed by atoms with van der Waals surface area (Å²) in [6.45, 7) is 3.70. The van der Waals surface area contributed by atoms with Crippen LogP contribution in [-0.4, -0.2) is 60.4 Å². The minimum atomic E-state index is 0.144. The molecule has 1 aliphatic heterocycles. The topological polar surface area (TPSA) is 52.7 Å². The van der Waals surface area contributed by atoms with Gasteiger partial charge in [0.05, 0.1) is 6.54 Å². The molecule has 5 nitrogen and oxygen atoms in total. The lowest BCUT2D eigenvalue weighted by Gasteiger charge is -2.35. The lowest BCUT2D eigenvalue weighted by atomic mass is 9.96. The summed E-state index contributed by atoms with van der Waals surface area (Å²) in [5.41, 5.74) is 0. The van der Waals surface area contributed by atoms with Crippen LogP contribution >= 0.6 is 0 Å². The Morgan fingerprint density at radius 3 is 2.13 bits per heavy atom. The maximum absolute atomic E-state index is 12.5. The summed E-state index contributed by atoms with van der Waals surface area (Å²) >= 11 is 0. The quantitative estimate of drug-likeness (QED) is 0.785. The van der Waals surface area contributed by atoms with Gasteiger partial charge in [-0.3, -0.25) is 14.5 Å². The number of nitrogens with one attached hydrogen (secondary N) is 1. The first-order chi connectivity index (χ1) is 11.2. The molecule has 3 rings (SSSR count). The second-order valence-electron chi connectivity index (χ2n) is 7.56. The molecule has 2 aliphatic carbocycles. The number of amides is 2. The fourth-order valence-corrected chi connectivity index (χ4v) is 3.80. The van der Waals surface area contributed by atoms with E-state index in [4.69, 9.17) is 0 Å². The molecule has 2 saturated carbocycles. The molecule has 0 spiro atoms. The zero-order valence-electron chi connectivity index (χ0n) is 14.3. The number of nitrogens with zero attached hydrogens (tertiary/aromatic N) is 2. The molecular formula is C18H31N3O2. The van der Waals surface area contributed by atoms with Crippen molar-refractivity contribution in [3.05, 3.63) is 0 Å². The van der Waals surface area contributed by atoms with E-state index >= 15 is 0 Å². The van der Waals surface area contributed by atoms with Crippen LogP contribution in [-0.2, 0) is 9.59 Å². The Morgan fingerprint density at radius 1 is 0.870 bits per heavy atom. The Kier molecular flexibility index (Phi) is 5.92. The summed E-state index contributed by atoms with van der Waals surface area (Å²) in [6.07, 6.45) is 10.7. The molecule has 0 bridgehead atoms. The molecule has 0 unspecified atom stereocenters. The molecule has 0 atom stereocenters. The highest BCUT2D eigenvalue weighted by molar-refractivity contribution is 5.79. The van der Waals surface area contributed by atoms with Crippen LogP contribution in [0.2, 0.25) is 0 Å². The first-order valence-electron chi connectivity index (χ1n) is 9.50. The summed E-state index contributed by atoms with van der Waals surface area (Å²) in [7, 11) is 0. The van der Waals surface area contributed by atoms with Gasteiger partial charge in [0.2, 0.25) is 11.8 Å². The average Bonchev–Trinajstić information content (AvgIpc) is 3.36. The van der Waals surface area contributed by atoms with Crippen molar-refractivity contribution in [3.8, 4) is 0 Å². The predicted molar refractivity (Wildman–Crippen MR) is 90.0 cm³/mol.